The number of benzene rings is 9. The molecule has 64 heavy (non-hydrogen) atoms. The van der Waals surface area contributed by atoms with E-state index in [0.29, 0.717) is 17.7 Å². The van der Waals surface area contributed by atoms with Crippen molar-refractivity contribution in [2.24, 2.45) is 0 Å². The van der Waals surface area contributed by atoms with E-state index in [1.54, 1.807) is 0 Å². The Balaban J connectivity index is 1.09. The summed E-state index contributed by atoms with van der Waals surface area (Å²) in [6, 6.07) is 72.4. The first-order valence-electron chi connectivity index (χ1n) is 21.5. The highest BCUT2D eigenvalue weighted by molar-refractivity contribution is 6.26. The first-order valence-corrected chi connectivity index (χ1v) is 21.5. The fourth-order valence-corrected chi connectivity index (χ4v) is 10.2. The lowest BCUT2D eigenvalue weighted by atomic mass is 9.99. The van der Waals surface area contributed by atoms with Crippen LogP contribution in [0, 0.1) is 0 Å². The maximum absolute atomic E-state index is 6.66. The largest absolute Gasteiger partial charge is 0.456 e. The molecule has 0 unspecified atom stereocenters. The number of para-hydroxylation sites is 5. The average Bonchev–Trinajstić information content (AvgIpc) is 4.10. The minimum absolute atomic E-state index is 0.521. The molecule has 0 amide bonds. The van der Waals surface area contributed by atoms with Crippen molar-refractivity contribution in [2.75, 3.05) is 0 Å². The Labute approximate surface area is 365 Å². The molecular weight excluding hydrogens is 785 g/mol. The van der Waals surface area contributed by atoms with Crippen molar-refractivity contribution >= 4 is 87.4 Å². The molecule has 0 fully saturated rings. The number of nitrogens with zero attached hydrogens (tertiary/aromatic N) is 6. The van der Waals surface area contributed by atoms with Crippen LogP contribution in [0.15, 0.2) is 211 Å². The topological polar surface area (TPSA) is 66.6 Å². The molecule has 7 heteroatoms. The molecule has 0 saturated carbocycles. The molecule has 0 bridgehead atoms. The summed E-state index contributed by atoms with van der Waals surface area (Å²) in [5.74, 6) is 1.59. The van der Waals surface area contributed by atoms with Gasteiger partial charge < -0.3 is 8.98 Å². The zero-order valence-corrected chi connectivity index (χ0v) is 34.2. The van der Waals surface area contributed by atoms with Crippen molar-refractivity contribution in [2.45, 2.75) is 0 Å². The van der Waals surface area contributed by atoms with E-state index >= 15 is 0 Å². The van der Waals surface area contributed by atoms with Gasteiger partial charge in [-0.2, -0.15) is 15.0 Å². The predicted octanol–water partition coefficient (Wildman–Crippen LogP) is 14.4. The summed E-state index contributed by atoms with van der Waals surface area (Å²) in [7, 11) is 0. The molecule has 0 saturated heterocycles. The molecule has 5 aromatic heterocycles. The van der Waals surface area contributed by atoms with Crippen LogP contribution in [0.4, 0.5) is 0 Å². The van der Waals surface area contributed by atoms with E-state index in [1.807, 2.05) is 12.1 Å². The zero-order chi connectivity index (χ0) is 41.9. The van der Waals surface area contributed by atoms with Gasteiger partial charge >= 0.3 is 0 Å². The van der Waals surface area contributed by atoms with Gasteiger partial charge in [0.15, 0.2) is 5.82 Å². The Morgan fingerprint density at radius 1 is 0.328 bits per heavy atom. The molecule has 298 valence electrons. The predicted molar refractivity (Wildman–Crippen MR) is 261 cm³/mol. The van der Waals surface area contributed by atoms with Crippen LogP contribution in [0.2, 0.25) is 0 Å². The van der Waals surface area contributed by atoms with Gasteiger partial charge in [-0.3, -0.25) is 9.13 Å². The van der Waals surface area contributed by atoms with Crippen LogP contribution in [-0.2, 0) is 0 Å². The summed E-state index contributed by atoms with van der Waals surface area (Å²) in [4.78, 5) is 16.4. The highest BCUT2D eigenvalue weighted by atomic mass is 16.3. The van der Waals surface area contributed by atoms with Crippen molar-refractivity contribution in [1.29, 1.82) is 0 Å². The van der Waals surface area contributed by atoms with Crippen molar-refractivity contribution in [3.05, 3.63) is 206 Å². The van der Waals surface area contributed by atoms with Gasteiger partial charge in [-0.25, -0.2) is 0 Å². The van der Waals surface area contributed by atoms with E-state index < -0.39 is 0 Å². The summed E-state index contributed by atoms with van der Waals surface area (Å²) < 4.78 is 13.4. The standard InChI is InChI=1S/C57H34N6O/c1-3-16-35(17-4-1)38-24-15-29-50-52(38)44-31-30-36(34-51(44)64-50)55-58-56(62-45-25-11-7-20-39(45)40-21-8-12-26-46(40)62)60-57(59-55)63-47-27-13-9-22-41(47)42-32-33-49-53(54(42)63)43-23-10-14-28-48(43)61(49)37-18-5-2-6-19-37/h1-34H. The summed E-state index contributed by atoms with van der Waals surface area (Å²) >= 11 is 0. The summed E-state index contributed by atoms with van der Waals surface area (Å²) in [6.45, 7) is 0. The normalized spacial score (nSPS) is 12.1. The molecule has 5 heterocycles. The second-order valence-corrected chi connectivity index (χ2v) is 16.4. The fourth-order valence-electron chi connectivity index (χ4n) is 10.2. The lowest BCUT2D eigenvalue weighted by Crippen LogP contribution is -2.10. The van der Waals surface area contributed by atoms with Crippen LogP contribution in [-0.4, -0.2) is 28.7 Å². The number of hydrogen-bond donors (Lipinski definition) is 0. The Hall–Kier alpha value is -8.81. The third-order valence-corrected chi connectivity index (χ3v) is 12.9. The molecule has 0 radical (unpaired) electrons. The van der Waals surface area contributed by atoms with Crippen LogP contribution in [0.25, 0.3) is 127 Å². The number of hydrogen-bond acceptors (Lipinski definition) is 4. The van der Waals surface area contributed by atoms with Gasteiger partial charge in [0, 0.05) is 54.3 Å². The van der Waals surface area contributed by atoms with Gasteiger partial charge in [0.1, 0.15) is 11.2 Å². The lowest BCUT2D eigenvalue weighted by Gasteiger charge is -2.13. The Morgan fingerprint density at radius 2 is 0.891 bits per heavy atom. The van der Waals surface area contributed by atoms with Crippen LogP contribution in [0.1, 0.15) is 0 Å². The van der Waals surface area contributed by atoms with E-state index in [9.17, 15) is 0 Å². The Morgan fingerprint density at radius 3 is 1.59 bits per heavy atom. The van der Waals surface area contributed by atoms with Gasteiger partial charge in [-0.1, -0.05) is 146 Å². The number of fused-ring (bicyclic) bond motifs is 13. The molecular formula is C57H34N6O. The summed E-state index contributed by atoms with van der Waals surface area (Å²) in [5.41, 5.74) is 12.1. The minimum atomic E-state index is 0.521. The lowest BCUT2D eigenvalue weighted by molar-refractivity contribution is 0.669. The molecule has 7 nitrogen and oxygen atoms in total. The second-order valence-electron chi connectivity index (χ2n) is 16.4. The minimum Gasteiger partial charge on any atom is -0.456 e. The molecule has 9 aromatic carbocycles. The van der Waals surface area contributed by atoms with Crippen molar-refractivity contribution in [3.8, 4) is 40.1 Å². The van der Waals surface area contributed by atoms with Gasteiger partial charge in [0.2, 0.25) is 11.9 Å². The average molecular weight is 819 g/mol. The van der Waals surface area contributed by atoms with Crippen molar-refractivity contribution in [3.63, 3.8) is 0 Å². The molecule has 0 aliphatic heterocycles. The van der Waals surface area contributed by atoms with E-state index in [-0.39, 0.29) is 0 Å². The molecule has 0 spiro atoms. The van der Waals surface area contributed by atoms with Gasteiger partial charge in [-0.05, 0) is 71.8 Å². The molecule has 0 N–H and O–H groups in total. The van der Waals surface area contributed by atoms with Gasteiger partial charge in [0.25, 0.3) is 0 Å². The van der Waals surface area contributed by atoms with Crippen LogP contribution >= 0.6 is 0 Å². The highest BCUT2D eigenvalue weighted by Gasteiger charge is 2.25. The molecule has 0 aliphatic rings. The summed E-state index contributed by atoms with van der Waals surface area (Å²) in [6.07, 6.45) is 0. The Kier molecular flexibility index (Phi) is 7.27. The molecule has 0 atom stereocenters. The highest BCUT2D eigenvalue weighted by Crippen LogP contribution is 2.43. The smallest absolute Gasteiger partial charge is 0.240 e. The van der Waals surface area contributed by atoms with Gasteiger partial charge in [0.05, 0.1) is 33.1 Å². The van der Waals surface area contributed by atoms with Gasteiger partial charge in [-0.15, -0.1) is 0 Å². The Bertz CT molecular complexity index is 4140. The molecule has 14 aromatic rings. The van der Waals surface area contributed by atoms with Crippen LogP contribution < -0.4 is 0 Å². The SMILES string of the molecule is c1ccc(-c2cccc3oc4cc(-c5nc(-n6c7ccccc7c7ccccc76)nc(-n6c7ccccc7c7ccc8c(c9ccccc9n8-c8ccccc8)c76)n5)ccc4c23)cc1. The van der Waals surface area contributed by atoms with Crippen LogP contribution in [0.5, 0.6) is 0 Å². The van der Waals surface area contributed by atoms with E-state index in [2.05, 4.69) is 208 Å². The third-order valence-electron chi connectivity index (χ3n) is 12.9. The number of furan rings is 1. The van der Waals surface area contributed by atoms with Crippen LogP contribution in [0.3, 0.4) is 0 Å². The van der Waals surface area contributed by atoms with E-state index in [0.717, 1.165) is 110 Å². The van der Waals surface area contributed by atoms with E-state index in [4.69, 9.17) is 19.4 Å². The second kappa shape index (κ2) is 13.3. The number of aromatic nitrogens is 6. The number of rotatable bonds is 5. The van der Waals surface area contributed by atoms with Crippen molar-refractivity contribution < 1.29 is 4.42 Å². The monoisotopic (exact) mass is 818 g/mol. The maximum Gasteiger partial charge on any atom is 0.240 e. The zero-order valence-electron chi connectivity index (χ0n) is 34.2. The fraction of sp³-hybridized carbons (Fsp3) is 0. The summed E-state index contributed by atoms with van der Waals surface area (Å²) in [5, 5.41) is 8.91. The first kappa shape index (κ1) is 34.9. The third kappa shape index (κ3) is 4.94. The molecule has 0 aliphatic carbocycles. The first-order chi connectivity index (χ1) is 31.8. The maximum atomic E-state index is 6.66. The van der Waals surface area contributed by atoms with E-state index in [1.165, 1.54) is 0 Å². The molecule has 14 rings (SSSR count). The van der Waals surface area contributed by atoms with Crippen molar-refractivity contribution in [1.82, 2.24) is 28.7 Å². The quantitative estimate of drug-likeness (QED) is 0.173.